The molecule has 0 fully saturated rings. The maximum absolute atomic E-state index is 12.1. The average molecular weight is 119 g/mol. The van der Waals surface area contributed by atoms with Crippen LogP contribution < -0.4 is 5.73 Å². The van der Waals surface area contributed by atoms with E-state index in [4.69, 9.17) is 5.73 Å². The van der Waals surface area contributed by atoms with Crippen LogP contribution in [0.2, 0.25) is 0 Å². The van der Waals surface area contributed by atoms with E-state index in [2.05, 4.69) is 0 Å². The van der Waals surface area contributed by atoms with Gasteiger partial charge in [0.2, 0.25) is 5.91 Å². The minimum Gasteiger partial charge on any atom is -0.370 e. The zero-order valence-electron chi connectivity index (χ0n) is 4.86. The Labute approximate surface area is 47.9 Å². The minimum absolute atomic E-state index is 0.142. The third-order valence-electron chi connectivity index (χ3n) is 0.866. The second-order valence-electron chi connectivity index (χ2n) is 1.68. The van der Waals surface area contributed by atoms with Crippen LogP contribution in [0.25, 0.3) is 0 Å². The molecule has 0 saturated carbocycles. The number of hydrogen-bond acceptors (Lipinski definition) is 1. The first-order chi connectivity index (χ1) is 3.66. The number of alkyl halides is 1. The molecule has 0 rings (SSSR count). The molecule has 0 aromatic carbocycles. The molecule has 3 heteroatoms. The lowest BCUT2D eigenvalue weighted by Gasteiger charge is -1.97. The molecule has 0 aliphatic rings. The molecule has 1 amide bonds. The summed E-state index contributed by atoms with van der Waals surface area (Å²) in [6, 6.07) is 0. The number of rotatable bonds is 3. The van der Waals surface area contributed by atoms with Gasteiger partial charge in [0.1, 0.15) is 6.17 Å². The van der Waals surface area contributed by atoms with Gasteiger partial charge in [-0.1, -0.05) is 6.92 Å². The molecule has 48 valence electrons. The summed E-state index contributed by atoms with van der Waals surface area (Å²) in [6.45, 7) is 1.67. The van der Waals surface area contributed by atoms with E-state index in [0.29, 0.717) is 6.42 Å². The highest BCUT2D eigenvalue weighted by molar-refractivity contribution is 5.74. The Morgan fingerprint density at radius 2 is 2.38 bits per heavy atom. The normalized spacial score (nSPS) is 13.2. The van der Waals surface area contributed by atoms with E-state index in [1.165, 1.54) is 0 Å². The fraction of sp³-hybridized carbons (Fsp3) is 0.800. The third-order valence-corrected chi connectivity index (χ3v) is 0.866. The molecule has 0 spiro atoms. The summed E-state index contributed by atoms with van der Waals surface area (Å²) < 4.78 is 12.1. The Morgan fingerprint density at radius 1 is 1.88 bits per heavy atom. The number of amides is 1. The van der Waals surface area contributed by atoms with E-state index in [1.807, 2.05) is 0 Å². The molecule has 0 aromatic rings. The fourth-order valence-electron chi connectivity index (χ4n) is 0.363. The van der Waals surface area contributed by atoms with Crippen LogP contribution >= 0.6 is 0 Å². The van der Waals surface area contributed by atoms with E-state index in [0.717, 1.165) is 0 Å². The monoisotopic (exact) mass is 119 g/mol. The summed E-state index contributed by atoms with van der Waals surface area (Å²) in [7, 11) is 0. The van der Waals surface area contributed by atoms with Gasteiger partial charge in [-0.25, -0.2) is 4.39 Å². The molecule has 0 bridgehead atoms. The largest absolute Gasteiger partial charge is 0.370 e. The van der Waals surface area contributed by atoms with E-state index >= 15 is 0 Å². The molecule has 2 nitrogen and oxygen atoms in total. The molecule has 0 heterocycles. The van der Waals surface area contributed by atoms with Crippen LogP contribution in [0.1, 0.15) is 19.8 Å². The number of halogens is 1. The van der Waals surface area contributed by atoms with Crippen molar-refractivity contribution in [2.24, 2.45) is 5.73 Å². The van der Waals surface area contributed by atoms with Crippen LogP contribution in [-0.2, 0) is 4.79 Å². The summed E-state index contributed by atoms with van der Waals surface area (Å²) in [5.41, 5.74) is 4.69. The highest BCUT2D eigenvalue weighted by Crippen LogP contribution is 1.99. The van der Waals surface area contributed by atoms with Gasteiger partial charge in [-0.05, 0) is 6.42 Å². The standard InChI is InChI=1S/C5H10FNO/c1-2-4(6)3-5(7)8/h4H,2-3H2,1H3,(H2,7,8). The molecule has 0 saturated heterocycles. The van der Waals surface area contributed by atoms with Gasteiger partial charge in [0, 0.05) is 0 Å². The van der Waals surface area contributed by atoms with Crippen molar-refractivity contribution < 1.29 is 9.18 Å². The molecular weight excluding hydrogens is 109 g/mol. The summed E-state index contributed by atoms with van der Waals surface area (Å²) in [5.74, 6) is -0.570. The second-order valence-corrected chi connectivity index (χ2v) is 1.68. The Hall–Kier alpha value is -0.600. The third kappa shape index (κ3) is 3.59. The molecular formula is C5H10FNO. The van der Waals surface area contributed by atoms with Gasteiger partial charge in [0.25, 0.3) is 0 Å². The van der Waals surface area contributed by atoms with Crippen LogP contribution in [0.4, 0.5) is 4.39 Å². The van der Waals surface area contributed by atoms with Crippen molar-refractivity contribution in [2.75, 3.05) is 0 Å². The smallest absolute Gasteiger partial charge is 0.220 e. The Balaban J connectivity index is 3.24. The average Bonchev–Trinajstić information content (AvgIpc) is 1.65. The topological polar surface area (TPSA) is 43.1 Å². The molecule has 0 aromatic heterocycles. The van der Waals surface area contributed by atoms with Gasteiger partial charge in [0.05, 0.1) is 6.42 Å². The number of nitrogens with two attached hydrogens (primary N) is 1. The van der Waals surface area contributed by atoms with Crippen molar-refractivity contribution in [3.8, 4) is 0 Å². The highest BCUT2D eigenvalue weighted by Gasteiger charge is 2.05. The lowest BCUT2D eigenvalue weighted by atomic mass is 10.2. The molecule has 8 heavy (non-hydrogen) atoms. The maximum atomic E-state index is 12.1. The summed E-state index contributed by atoms with van der Waals surface area (Å²) in [6.07, 6.45) is -0.827. The predicted molar refractivity (Wildman–Crippen MR) is 29.0 cm³/mol. The van der Waals surface area contributed by atoms with Gasteiger partial charge in [-0.3, -0.25) is 4.79 Å². The van der Waals surface area contributed by atoms with Crippen molar-refractivity contribution in [2.45, 2.75) is 25.9 Å². The zero-order valence-corrected chi connectivity index (χ0v) is 4.86. The summed E-state index contributed by atoms with van der Waals surface area (Å²) in [5, 5.41) is 0. The molecule has 1 unspecified atom stereocenters. The number of carbonyl (C=O) groups is 1. The van der Waals surface area contributed by atoms with E-state index in [1.54, 1.807) is 6.92 Å². The van der Waals surface area contributed by atoms with Crippen LogP contribution in [0.3, 0.4) is 0 Å². The number of carbonyl (C=O) groups excluding carboxylic acids is 1. The molecule has 0 radical (unpaired) electrons. The first kappa shape index (κ1) is 7.40. The first-order valence-electron chi connectivity index (χ1n) is 2.59. The first-order valence-corrected chi connectivity index (χ1v) is 2.59. The maximum Gasteiger partial charge on any atom is 0.220 e. The zero-order chi connectivity index (χ0) is 6.57. The Kier molecular flexibility index (Phi) is 3.15. The second kappa shape index (κ2) is 3.41. The highest BCUT2D eigenvalue weighted by atomic mass is 19.1. The van der Waals surface area contributed by atoms with Crippen LogP contribution in [-0.4, -0.2) is 12.1 Å². The Morgan fingerprint density at radius 3 is 2.50 bits per heavy atom. The SMILES string of the molecule is CCC(F)CC(N)=O. The van der Waals surface area contributed by atoms with E-state index < -0.39 is 12.1 Å². The van der Waals surface area contributed by atoms with Crippen molar-refractivity contribution in [1.82, 2.24) is 0 Å². The van der Waals surface area contributed by atoms with Crippen LogP contribution in [0.15, 0.2) is 0 Å². The molecule has 0 aliphatic carbocycles. The van der Waals surface area contributed by atoms with Crippen molar-refractivity contribution in [1.29, 1.82) is 0 Å². The lowest BCUT2D eigenvalue weighted by Crippen LogP contribution is -2.16. The van der Waals surface area contributed by atoms with Gasteiger partial charge < -0.3 is 5.73 Å². The quantitative estimate of drug-likeness (QED) is 0.581. The van der Waals surface area contributed by atoms with Gasteiger partial charge in [-0.15, -0.1) is 0 Å². The molecule has 1 atom stereocenters. The number of hydrogen-bond donors (Lipinski definition) is 1. The number of primary amides is 1. The lowest BCUT2D eigenvalue weighted by molar-refractivity contribution is -0.119. The van der Waals surface area contributed by atoms with E-state index in [9.17, 15) is 9.18 Å². The minimum atomic E-state index is -1.05. The van der Waals surface area contributed by atoms with Gasteiger partial charge in [0.15, 0.2) is 0 Å². The summed E-state index contributed by atoms with van der Waals surface area (Å²) >= 11 is 0. The van der Waals surface area contributed by atoms with Crippen molar-refractivity contribution in [3.05, 3.63) is 0 Å². The molecule has 2 N–H and O–H groups in total. The van der Waals surface area contributed by atoms with Gasteiger partial charge in [-0.2, -0.15) is 0 Å². The summed E-state index contributed by atoms with van der Waals surface area (Å²) in [4.78, 5) is 9.95. The van der Waals surface area contributed by atoms with Crippen molar-refractivity contribution >= 4 is 5.91 Å². The van der Waals surface area contributed by atoms with Crippen molar-refractivity contribution in [3.63, 3.8) is 0 Å². The Bertz CT molecular complexity index is 84.5. The van der Waals surface area contributed by atoms with E-state index in [-0.39, 0.29) is 6.42 Å². The van der Waals surface area contributed by atoms with Crippen LogP contribution in [0, 0.1) is 0 Å². The fourth-order valence-corrected chi connectivity index (χ4v) is 0.363. The van der Waals surface area contributed by atoms with Gasteiger partial charge >= 0.3 is 0 Å². The molecule has 0 aliphatic heterocycles. The predicted octanol–water partition coefficient (Wildman–Crippen LogP) is 0.610. The van der Waals surface area contributed by atoms with Crippen LogP contribution in [0.5, 0.6) is 0 Å².